The summed E-state index contributed by atoms with van der Waals surface area (Å²) in [7, 11) is 0. The van der Waals surface area contributed by atoms with Crippen molar-refractivity contribution < 1.29 is 9.53 Å². The van der Waals surface area contributed by atoms with E-state index < -0.39 is 0 Å². The van der Waals surface area contributed by atoms with Crippen LogP contribution in [-0.4, -0.2) is 23.5 Å². The zero-order valence-electron chi connectivity index (χ0n) is 13.7. The van der Waals surface area contributed by atoms with Crippen LogP contribution in [0, 0.1) is 11.3 Å². The van der Waals surface area contributed by atoms with Gasteiger partial charge in [0.15, 0.2) is 0 Å². The number of carbonyl (C=O) groups excluding carboxylic acids is 1. The number of rotatable bonds is 7. The van der Waals surface area contributed by atoms with E-state index in [0.29, 0.717) is 23.7 Å². The van der Waals surface area contributed by atoms with Gasteiger partial charge in [0, 0.05) is 30.6 Å². The van der Waals surface area contributed by atoms with Crippen molar-refractivity contribution in [3.05, 3.63) is 48.2 Å². The number of hydrogen-bond acceptors (Lipinski definition) is 5. The van der Waals surface area contributed by atoms with Gasteiger partial charge in [0.25, 0.3) is 0 Å². The minimum Gasteiger partial charge on any atom is -0.439 e. The van der Waals surface area contributed by atoms with Gasteiger partial charge in [0.2, 0.25) is 11.8 Å². The first-order valence-corrected chi connectivity index (χ1v) is 7.80. The van der Waals surface area contributed by atoms with Gasteiger partial charge in [-0.15, -0.1) is 0 Å². The van der Waals surface area contributed by atoms with Gasteiger partial charge in [-0.25, -0.2) is 4.98 Å². The lowest BCUT2D eigenvalue weighted by molar-refractivity contribution is -0.121. The van der Waals surface area contributed by atoms with Gasteiger partial charge in [-0.1, -0.05) is 13.0 Å². The molecule has 0 fully saturated rings. The van der Waals surface area contributed by atoms with Crippen LogP contribution >= 0.6 is 0 Å². The highest BCUT2D eigenvalue weighted by Gasteiger charge is 2.12. The fourth-order valence-corrected chi connectivity index (χ4v) is 1.99. The van der Waals surface area contributed by atoms with E-state index in [9.17, 15) is 4.79 Å². The maximum atomic E-state index is 11.9. The third-order valence-electron chi connectivity index (χ3n) is 3.25. The number of carbonyl (C=O) groups is 1. The minimum absolute atomic E-state index is 0.0445. The van der Waals surface area contributed by atoms with E-state index in [4.69, 9.17) is 10.00 Å². The van der Waals surface area contributed by atoms with Gasteiger partial charge < -0.3 is 15.4 Å². The van der Waals surface area contributed by atoms with Crippen molar-refractivity contribution in [2.24, 2.45) is 0 Å². The Morgan fingerprint density at radius 2 is 2.21 bits per heavy atom. The van der Waals surface area contributed by atoms with Gasteiger partial charge in [-0.3, -0.25) is 4.79 Å². The predicted molar refractivity (Wildman–Crippen MR) is 91.9 cm³/mol. The SMILES string of the molecule is CCCNC(=O)[C@@H](C)Nc1cccc(Oc2ccc(C#N)cn2)c1. The Hall–Kier alpha value is -3.07. The molecule has 1 atom stereocenters. The number of amides is 1. The van der Waals surface area contributed by atoms with E-state index >= 15 is 0 Å². The molecule has 0 aliphatic carbocycles. The smallest absolute Gasteiger partial charge is 0.242 e. The highest BCUT2D eigenvalue weighted by molar-refractivity contribution is 5.84. The summed E-state index contributed by atoms with van der Waals surface area (Å²) in [6.07, 6.45) is 2.36. The fraction of sp³-hybridized carbons (Fsp3) is 0.278. The van der Waals surface area contributed by atoms with Crippen LogP contribution in [0.2, 0.25) is 0 Å². The molecule has 124 valence electrons. The van der Waals surface area contributed by atoms with E-state index in [1.165, 1.54) is 6.20 Å². The number of nitrogens with one attached hydrogen (secondary N) is 2. The molecule has 1 aromatic carbocycles. The molecule has 1 heterocycles. The van der Waals surface area contributed by atoms with Gasteiger partial charge >= 0.3 is 0 Å². The highest BCUT2D eigenvalue weighted by Crippen LogP contribution is 2.23. The van der Waals surface area contributed by atoms with Crippen LogP contribution in [0.3, 0.4) is 0 Å². The van der Waals surface area contributed by atoms with E-state index in [-0.39, 0.29) is 11.9 Å². The average molecular weight is 324 g/mol. The molecule has 2 aromatic rings. The minimum atomic E-state index is -0.347. The van der Waals surface area contributed by atoms with Crippen LogP contribution in [0.1, 0.15) is 25.8 Å². The van der Waals surface area contributed by atoms with Gasteiger partial charge in [-0.05, 0) is 31.5 Å². The van der Waals surface area contributed by atoms with Crippen LogP contribution in [0.5, 0.6) is 11.6 Å². The molecule has 2 rings (SSSR count). The van der Waals surface area contributed by atoms with Crippen LogP contribution < -0.4 is 15.4 Å². The lowest BCUT2D eigenvalue weighted by Gasteiger charge is -2.15. The standard InChI is InChI=1S/C18H20N4O2/c1-3-9-20-18(23)13(2)22-15-5-4-6-16(10-15)24-17-8-7-14(11-19)12-21-17/h4-8,10,12-13,22H,3,9H2,1-2H3,(H,20,23)/t13-/m1/s1. The second-order valence-electron chi connectivity index (χ2n) is 5.28. The summed E-state index contributed by atoms with van der Waals surface area (Å²) < 4.78 is 5.66. The maximum Gasteiger partial charge on any atom is 0.242 e. The predicted octanol–water partition coefficient (Wildman–Crippen LogP) is 3.07. The van der Waals surface area contributed by atoms with Crippen molar-refractivity contribution in [1.82, 2.24) is 10.3 Å². The zero-order chi connectivity index (χ0) is 17.4. The van der Waals surface area contributed by atoms with E-state index in [1.807, 2.05) is 25.1 Å². The van der Waals surface area contributed by atoms with Crippen LogP contribution in [-0.2, 0) is 4.79 Å². The highest BCUT2D eigenvalue weighted by atomic mass is 16.5. The summed E-state index contributed by atoms with van der Waals surface area (Å²) in [6, 6.07) is 12.2. The summed E-state index contributed by atoms with van der Waals surface area (Å²) in [4.78, 5) is 16.0. The van der Waals surface area contributed by atoms with Gasteiger partial charge in [0.05, 0.1) is 5.56 Å². The Bertz CT molecular complexity index is 723. The molecular formula is C18H20N4O2. The second-order valence-corrected chi connectivity index (χ2v) is 5.28. The molecule has 0 aliphatic rings. The lowest BCUT2D eigenvalue weighted by Crippen LogP contribution is -2.37. The van der Waals surface area contributed by atoms with Gasteiger partial charge in [-0.2, -0.15) is 5.26 Å². The molecule has 6 heteroatoms. The molecule has 0 unspecified atom stereocenters. The first kappa shape index (κ1) is 17.3. The first-order chi connectivity index (χ1) is 11.6. The van der Waals surface area contributed by atoms with Gasteiger partial charge in [0.1, 0.15) is 17.9 Å². The molecule has 6 nitrogen and oxygen atoms in total. The molecular weight excluding hydrogens is 304 g/mol. The van der Waals surface area contributed by atoms with Crippen LogP contribution in [0.4, 0.5) is 5.69 Å². The Kier molecular flexibility index (Phi) is 6.15. The Morgan fingerprint density at radius 3 is 2.88 bits per heavy atom. The molecule has 2 N–H and O–H groups in total. The lowest BCUT2D eigenvalue weighted by atomic mass is 10.2. The largest absolute Gasteiger partial charge is 0.439 e. The molecule has 0 saturated carbocycles. The number of aromatic nitrogens is 1. The van der Waals surface area contributed by atoms with Crippen LogP contribution in [0.25, 0.3) is 0 Å². The number of anilines is 1. The third kappa shape index (κ3) is 4.99. The first-order valence-electron chi connectivity index (χ1n) is 7.80. The average Bonchev–Trinajstić information content (AvgIpc) is 2.60. The summed E-state index contributed by atoms with van der Waals surface area (Å²) in [5.41, 5.74) is 1.25. The van der Waals surface area contributed by atoms with Crippen molar-refractivity contribution in [2.75, 3.05) is 11.9 Å². The van der Waals surface area contributed by atoms with Crippen molar-refractivity contribution in [3.8, 4) is 17.7 Å². The Morgan fingerprint density at radius 1 is 1.38 bits per heavy atom. The van der Waals surface area contributed by atoms with Crippen LogP contribution in [0.15, 0.2) is 42.6 Å². The molecule has 0 spiro atoms. The topological polar surface area (TPSA) is 87.0 Å². The van der Waals surface area contributed by atoms with E-state index in [0.717, 1.165) is 12.1 Å². The van der Waals surface area contributed by atoms with E-state index in [1.54, 1.807) is 31.2 Å². The molecule has 0 bridgehead atoms. The third-order valence-corrected chi connectivity index (χ3v) is 3.25. The monoisotopic (exact) mass is 324 g/mol. The zero-order valence-corrected chi connectivity index (χ0v) is 13.7. The van der Waals surface area contributed by atoms with Crippen molar-refractivity contribution in [1.29, 1.82) is 5.26 Å². The summed E-state index contributed by atoms with van der Waals surface area (Å²) in [6.45, 7) is 4.48. The summed E-state index contributed by atoms with van der Waals surface area (Å²) in [5, 5.41) is 14.8. The molecule has 1 aromatic heterocycles. The summed E-state index contributed by atoms with van der Waals surface area (Å²) in [5.74, 6) is 0.954. The molecule has 1 amide bonds. The quantitative estimate of drug-likeness (QED) is 0.817. The maximum absolute atomic E-state index is 11.9. The molecule has 24 heavy (non-hydrogen) atoms. The number of hydrogen-bond donors (Lipinski definition) is 2. The number of nitriles is 1. The molecule has 0 saturated heterocycles. The Balaban J connectivity index is 2.00. The van der Waals surface area contributed by atoms with E-state index in [2.05, 4.69) is 15.6 Å². The fourth-order valence-electron chi connectivity index (χ4n) is 1.99. The molecule has 0 aliphatic heterocycles. The number of ether oxygens (including phenoxy) is 1. The number of nitrogens with zero attached hydrogens (tertiary/aromatic N) is 2. The normalized spacial score (nSPS) is 11.2. The van der Waals surface area contributed by atoms with Crippen molar-refractivity contribution in [2.45, 2.75) is 26.3 Å². The Labute approximate surface area is 141 Å². The number of pyridine rings is 1. The van der Waals surface area contributed by atoms with Crippen molar-refractivity contribution in [3.63, 3.8) is 0 Å². The van der Waals surface area contributed by atoms with Crippen molar-refractivity contribution >= 4 is 11.6 Å². The summed E-state index contributed by atoms with van der Waals surface area (Å²) >= 11 is 0. The number of benzene rings is 1. The molecule has 0 radical (unpaired) electrons. The second kappa shape index (κ2) is 8.53.